The van der Waals surface area contributed by atoms with Crippen molar-refractivity contribution in [2.75, 3.05) is 14.1 Å². The SMILES string of the molecule is C[C@@H](NS(=O)(=O)N(C)C)c1ccc(-c2cccnc2)cc1. The van der Waals surface area contributed by atoms with E-state index >= 15 is 0 Å². The van der Waals surface area contributed by atoms with Crippen molar-refractivity contribution in [3.8, 4) is 11.1 Å². The first kappa shape index (κ1) is 15.6. The van der Waals surface area contributed by atoms with Crippen LogP contribution in [-0.4, -0.2) is 31.8 Å². The minimum atomic E-state index is -3.43. The highest BCUT2D eigenvalue weighted by molar-refractivity contribution is 7.87. The Hall–Kier alpha value is -1.76. The molecule has 0 saturated carbocycles. The lowest BCUT2D eigenvalue weighted by Crippen LogP contribution is -2.37. The Morgan fingerprint density at radius 1 is 1.10 bits per heavy atom. The standard InChI is InChI=1S/C15H19N3O2S/c1-12(17-21(19,20)18(2)3)13-6-8-14(9-7-13)15-5-4-10-16-11-15/h4-12,17H,1-3H3/t12-/m1/s1. The zero-order valence-corrected chi connectivity index (χ0v) is 13.1. The van der Waals surface area contributed by atoms with E-state index in [1.54, 1.807) is 12.4 Å². The molecule has 1 atom stereocenters. The minimum Gasteiger partial charge on any atom is -0.264 e. The van der Waals surface area contributed by atoms with E-state index in [2.05, 4.69) is 9.71 Å². The Bertz CT molecular complexity index is 683. The van der Waals surface area contributed by atoms with Crippen LogP contribution in [0.1, 0.15) is 18.5 Å². The molecule has 0 aliphatic rings. The second-order valence-corrected chi connectivity index (χ2v) is 6.91. The van der Waals surface area contributed by atoms with E-state index in [1.807, 2.05) is 43.3 Å². The van der Waals surface area contributed by atoms with Crippen LogP contribution < -0.4 is 4.72 Å². The molecule has 0 saturated heterocycles. The van der Waals surface area contributed by atoms with Crippen LogP contribution in [0.5, 0.6) is 0 Å². The summed E-state index contributed by atoms with van der Waals surface area (Å²) in [5, 5.41) is 0. The molecule has 0 bridgehead atoms. The number of rotatable bonds is 5. The molecule has 0 aliphatic heterocycles. The molecular formula is C15H19N3O2S. The monoisotopic (exact) mass is 305 g/mol. The van der Waals surface area contributed by atoms with Gasteiger partial charge in [0, 0.05) is 32.5 Å². The van der Waals surface area contributed by atoms with Crippen LogP contribution in [0.3, 0.4) is 0 Å². The molecule has 112 valence electrons. The molecular weight excluding hydrogens is 286 g/mol. The summed E-state index contributed by atoms with van der Waals surface area (Å²) in [4.78, 5) is 4.09. The number of benzene rings is 1. The molecule has 6 heteroatoms. The van der Waals surface area contributed by atoms with Gasteiger partial charge in [0.25, 0.3) is 10.2 Å². The van der Waals surface area contributed by atoms with E-state index in [4.69, 9.17) is 0 Å². The molecule has 0 fully saturated rings. The van der Waals surface area contributed by atoms with Gasteiger partial charge >= 0.3 is 0 Å². The zero-order valence-electron chi connectivity index (χ0n) is 12.3. The van der Waals surface area contributed by atoms with Crippen molar-refractivity contribution in [1.82, 2.24) is 14.0 Å². The van der Waals surface area contributed by atoms with E-state index in [0.717, 1.165) is 21.0 Å². The molecule has 0 radical (unpaired) electrons. The fraction of sp³-hybridized carbons (Fsp3) is 0.267. The quantitative estimate of drug-likeness (QED) is 0.921. The van der Waals surface area contributed by atoms with E-state index in [1.165, 1.54) is 14.1 Å². The van der Waals surface area contributed by atoms with Crippen molar-refractivity contribution in [3.63, 3.8) is 0 Å². The Morgan fingerprint density at radius 3 is 2.29 bits per heavy atom. The van der Waals surface area contributed by atoms with Crippen molar-refractivity contribution < 1.29 is 8.42 Å². The Balaban J connectivity index is 2.16. The summed E-state index contributed by atoms with van der Waals surface area (Å²) in [6, 6.07) is 11.4. The number of hydrogen-bond acceptors (Lipinski definition) is 3. The average molecular weight is 305 g/mol. The first-order chi connectivity index (χ1) is 9.90. The molecule has 2 aromatic rings. The van der Waals surface area contributed by atoms with Gasteiger partial charge in [-0.05, 0) is 29.7 Å². The normalized spacial score (nSPS) is 13.3. The average Bonchev–Trinajstić information content (AvgIpc) is 2.48. The number of nitrogens with one attached hydrogen (secondary N) is 1. The first-order valence-corrected chi connectivity index (χ1v) is 8.04. The van der Waals surface area contributed by atoms with Crippen molar-refractivity contribution >= 4 is 10.2 Å². The number of hydrogen-bond donors (Lipinski definition) is 1. The topological polar surface area (TPSA) is 62.3 Å². The van der Waals surface area contributed by atoms with Gasteiger partial charge in [-0.25, -0.2) is 0 Å². The molecule has 0 spiro atoms. The third-order valence-electron chi connectivity index (χ3n) is 3.21. The number of nitrogens with zero attached hydrogens (tertiary/aromatic N) is 2. The maximum absolute atomic E-state index is 11.8. The Kier molecular flexibility index (Phi) is 4.72. The van der Waals surface area contributed by atoms with Gasteiger partial charge in [0.2, 0.25) is 0 Å². The van der Waals surface area contributed by atoms with Gasteiger partial charge in [0.1, 0.15) is 0 Å². The largest absolute Gasteiger partial charge is 0.279 e. The molecule has 1 aromatic heterocycles. The molecule has 5 nitrogen and oxygen atoms in total. The highest BCUT2D eigenvalue weighted by Gasteiger charge is 2.17. The van der Waals surface area contributed by atoms with E-state index in [9.17, 15) is 8.42 Å². The summed E-state index contributed by atoms with van der Waals surface area (Å²) in [6.45, 7) is 1.82. The number of pyridine rings is 1. The van der Waals surface area contributed by atoms with Gasteiger partial charge in [-0.3, -0.25) is 4.98 Å². The summed E-state index contributed by atoms with van der Waals surface area (Å²) < 4.78 is 27.4. The van der Waals surface area contributed by atoms with E-state index in [0.29, 0.717) is 0 Å². The lowest BCUT2D eigenvalue weighted by Gasteiger charge is -2.18. The third-order valence-corrected chi connectivity index (χ3v) is 4.82. The van der Waals surface area contributed by atoms with Crippen molar-refractivity contribution in [3.05, 3.63) is 54.4 Å². The third kappa shape index (κ3) is 3.87. The second kappa shape index (κ2) is 6.34. The van der Waals surface area contributed by atoms with E-state index in [-0.39, 0.29) is 6.04 Å². The molecule has 1 aromatic carbocycles. The predicted octanol–water partition coefficient (Wildman–Crippen LogP) is 2.21. The van der Waals surface area contributed by atoms with Crippen LogP contribution in [0, 0.1) is 0 Å². The van der Waals surface area contributed by atoms with Crippen molar-refractivity contribution in [1.29, 1.82) is 0 Å². The van der Waals surface area contributed by atoms with Crippen LogP contribution in [0.4, 0.5) is 0 Å². The van der Waals surface area contributed by atoms with Gasteiger partial charge in [-0.15, -0.1) is 0 Å². The molecule has 0 aliphatic carbocycles. The van der Waals surface area contributed by atoms with Gasteiger partial charge in [0.05, 0.1) is 0 Å². The number of aromatic nitrogens is 1. The maximum atomic E-state index is 11.8. The summed E-state index contributed by atoms with van der Waals surface area (Å²) in [5.74, 6) is 0. The minimum absolute atomic E-state index is 0.291. The van der Waals surface area contributed by atoms with Gasteiger partial charge in [-0.2, -0.15) is 17.4 Å². The Labute approximate surface area is 125 Å². The second-order valence-electron chi connectivity index (χ2n) is 4.99. The maximum Gasteiger partial charge on any atom is 0.279 e. The predicted molar refractivity (Wildman–Crippen MR) is 83.8 cm³/mol. The summed E-state index contributed by atoms with van der Waals surface area (Å²) in [6.07, 6.45) is 3.53. The van der Waals surface area contributed by atoms with Crippen molar-refractivity contribution in [2.24, 2.45) is 0 Å². The van der Waals surface area contributed by atoms with Crippen LogP contribution in [0.2, 0.25) is 0 Å². The van der Waals surface area contributed by atoms with Crippen molar-refractivity contribution in [2.45, 2.75) is 13.0 Å². The van der Waals surface area contributed by atoms with Crippen LogP contribution in [0.15, 0.2) is 48.8 Å². The summed E-state index contributed by atoms with van der Waals surface area (Å²) in [5.41, 5.74) is 2.99. The Morgan fingerprint density at radius 2 is 1.76 bits per heavy atom. The molecule has 0 unspecified atom stereocenters. The van der Waals surface area contributed by atoms with Gasteiger partial charge in [-0.1, -0.05) is 30.3 Å². The van der Waals surface area contributed by atoms with Crippen LogP contribution in [0.25, 0.3) is 11.1 Å². The molecule has 0 amide bonds. The smallest absolute Gasteiger partial charge is 0.264 e. The van der Waals surface area contributed by atoms with Gasteiger partial charge < -0.3 is 0 Å². The van der Waals surface area contributed by atoms with E-state index < -0.39 is 10.2 Å². The molecule has 21 heavy (non-hydrogen) atoms. The van der Waals surface area contributed by atoms with Crippen LogP contribution >= 0.6 is 0 Å². The molecule has 1 N–H and O–H groups in total. The lowest BCUT2D eigenvalue weighted by atomic mass is 10.0. The molecule has 1 heterocycles. The summed E-state index contributed by atoms with van der Waals surface area (Å²) >= 11 is 0. The highest BCUT2D eigenvalue weighted by Crippen LogP contribution is 2.21. The highest BCUT2D eigenvalue weighted by atomic mass is 32.2. The zero-order chi connectivity index (χ0) is 15.5. The molecule has 2 rings (SSSR count). The van der Waals surface area contributed by atoms with Gasteiger partial charge in [0.15, 0.2) is 0 Å². The first-order valence-electron chi connectivity index (χ1n) is 6.60. The lowest BCUT2D eigenvalue weighted by molar-refractivity contribution is 0.494. The summed E-state index contributed by atoms with van der Waals surface area (Å²) in [7, 11) is -0.433. The fourth-order valence-electron chi connectivity index (χ4n) is 1.89. The fourth-order valence-corrected chi connectivity index (χ4v) is 2.69. The van der Waals surface area contributed by atoms with Crippen LogP contribution in [-0.2, 0) is 10.2 Å².